The molecule has 1 aromatic heterocycles. The Balaban J connectivity index is 2.16. The highest BCUT2D eigenvalue weighted by atomic mass is 19.1. The molecule has 1 atom stereocenters. The van der Waals surface area contributed by atoms with Crippen molar-refractivity contribution >= 4 is 11.9 Å². The predicted molar refractivity (Wildman–Crippen MR) is 90.6 cm³/mol. The zero-order chi connectivity index (χ0) is 19.1. The fraction of sp³-hybridized carbons (Fsp3) is 0.278. The largest absolute Gasteiger partial charge is 0.479 e. The zero-order valence-electron chi connectivity index (χ0n) is 14.4. The summed E-state index contributed by atoms with van der Waals surface area (Å²) in [5, 5.41) is 11.8. The minimum absolute atomic E-state index is 0.192. The number of carbonyl (C=O) groups excluding carboxylic acids is 1. The van der Waals surface area contributed by atoms with E-state index in [0.717, 1.165) is 0 Å². The molecule has 0 spiro atoms. The van der Waals surface area contributed by atoms with Gasteiger partial charge in [-0.25, -0.2) is 14.2 Å². The third-order valence-corrected chi connectivity index (χ3v) is 3.57. The van der Waals surface area contributed by atoms with Gasteiger partial charge in [-0.05, 0) is 30.2 Å². The summed E-state index contributed by atoms with van der Waals surface area (Å²) in [7, 11) is 1.53. The predicted octanol–water partition coefficient (Wildman–Crippen LogP) is 2.11. The fourth-order valence-electron chi connectivity index (χ4n) is 2.21. The Labute approximate surface area is 149 Å². The zero-order valence-corrected chi connectivity index (χ0v) is 14.4. The first-order valence-electron chi connectivity index (χ1n) is 7.80. The number of aromatic nitrogens is 1. The van der Waals surface area contributed by atoms with Crippen molar-refractivity contribution in [2.75, 3.05) is 20.3 Å². The van der Waals surface area contributed by atoms with Crippen molar-refractivity contribution < 1.29 is 28.6 Å². The van der Waals surface area contributed by atoms with Gasteiger partial charge in [-0.2, -0.15) is 0 Å². The van der Waals surface area contributed by atoms with Crippen LogP contribution in [0.2, 0.25) is 0 Å². The number of amides is 1. The first-order chi connectivity index (χ1) is 12.4. The molecular weight excluding hydrogens is 343 g/mol. The number of pyridine rings is 1. The Morgan fingerprint density at radius 3 is 2.69 bits per heavy atom. The van der Waals surface area contributed by atoms with E-state index >= 15 is 0 Å². The van der Waals surface area contributed by atoms with E-state index in [1.807, 2.05) is 0 Å². The summed E-state index contributed by atoms with van der Waals surface area (Å²) < 4.78 is 23.6. The molecule has 138 valence electrons. The quantitative estimate of drug-likeness (QED) is 0.698. The highest BCUT2D eigenvalue weighted by Crippen LogP contribution is 2.18. The van der Waals surface area contributed by atoms with Gasteiger partial charge in [0.05, 0.1) is 6.61 Å². The van der Waals surface area contributed by atoms with E-state index < -0.39 is 23.7 Å². The Morgan fingerprint density at radius 2 is 2.04 bits per heavy atom. The van der Waals surface area contributed by atoms with E-state index in [-0.39, 0.29) is 23.6 Å². The molecule has 0 aliphatic carbocycles. The Bertz CT molecular complexity index is 797. The maximum atomic E-state index is 13.4. The van der Waals surface area contributed by atoms with Crippen LogP contribution in [0.25, 0.3) is 0 Å². The number of benzene rings is 1. The molecule has 2 N–H and O–H groups in total. The van der Waals surface area contributed by atoms with Crippen LogP contribution in [0.5, 0.6) is 5.88 Å². The topological polar surface area (TPSA) is 97.8 Å². The minimum Gasteiger partial charge on any atom is -0.479 e. The fourth-order valence-corrected chi connectivity index (χ4v) is 2.21. The maximum Gasteiger partial charge on any atom is 0.330 e. The lowest BCUT2D eigenvalue weighted by atomic mass is 10.0. The third kappa shape index (κ3) is 5.00. The van der Waals surface area contributed by atoms with Gasteiger partial charge in [-0.3, -0.25) is 4.79 Å². The molecule has 26 heavy (non-hydrogen) atoms. The number of hydrogen-bond donors (Lipinski definition) is 2. The number of ether oxygens (including phenoxy) is 2. The molecule has 0 saturated carbocycles. The van der Waals surface area contributed by atoms with Gasteiger partial charge in [0.15, 0.2) is 6.04 Å². The average molecular weight is 362 g/mol. The van der Waals surface area contributed by atoms with Crippen molar-refractivity contribution in [1.82, 2.24) is 10.3 Å². The molecule has 1 unspecified atom stereocenters. The summed E-state index contributed by atoms with van der Waals surface area (Å²) >= 11 is 0. The molecule has 2 rings (SSSR count). The smallest absolute Gasteiger partial charge is 0.330 e. The van der Waals surface area contributed by atoms with Gasteiger partial charge < -0.3 is 19.9 Å². The maximum absolute atomic E-state index is 13.4. The number of nitrogens with zero attached hydrogens (tertiary/aromatic N) is 1. The van der Waals surface area contributed by atoms with Crippen LogP contribution in [0.15, 0.2) is 36.5 Å². The van der Waals surface area contributed by atoms with Crippen LogP contribution in [0.3, 0.4) is 0 Å². The van der Waals surface area contributed by atoms with Gasteiger partial charge in [0.2, 0.25) is 5.88 Å². The minimum atomic E-state index is -1.31. The average Bonchev–Trinajstić information content (AvgIpc) is 2.62. The monoisotopic (exact) mass is 362 g/mol. The molecule has 7 nitrogen and oxygen atoms in total. The van der Waals surface area contributed by atoms with Gasteiger partial charge in [0.1, 0.15) is 12.4 Å². The van der Waals surface area contributed by atoms with Crippen molar-refractivity contribution in [2.24, 2.45) is 0 Å². The van der Waals surface area contributed by atoms with E-state index in [4.69, 9.17) is 9.47 Å². The summed E-state index contributed by atoms with van der Waals surface area (Å²) in [6, 6.07) is 5.41. The summed E-state index contributed by atoms with van der Waals surface area (Å²) in [6.45, 7) is 2.15. The van der Waals surface area contributed by atoms with Crippen molar-refractivity contribution in [2.45, 2.75) is 13.0 Å². The van der Waals surface area contributed by atoms with Crippen LogP contribution >= 0.6 is 0 Å². The standard InChI is InChI=1S/C18H19FN2O5/c1-11-9-12(3-4-14(11)19)16(18(23)24)21-17(22)13-5-6-20-15(10-13)26-8-7-25-2/h3-6,9-10,16H,7-8H2,1-2H3,(H,21,22)(H,23,24). The van der Waals surface area contributed by atoms with Crippen LogP contribution in [0.1, 0.15) is 27.5 Å². The Morgan fingerprint density at radius 1 is 1.27 bits per heavy atom. The molecule has 1 heterocycles. The Kier molecular flexibility index (Phi) is 6.62. The highest BCUT2D eigenvalue weighted by molar-refractivity contribution is 5.97. The Hall–Kier alpha value is -3.00. The molecule has 0 saturated heterocycles. The number of aryl methyl sites for hydroxylation is 1. The molecule has 1 amide bonds. The van der Waals surface area contributed by atoms with Crippen LogP contribution in [0, 0.1) is 12.7 Å². The van der Waals surface area contributed by atoms with Crippen molar-refractivity contribution in [3.63, 3.8) is 0 Å². The van der Waals surface area contributed by atoms with Crippen LogP contribution in [-0.4, -0.2) is 42.3 Å². The highest BCUT2D eigenvalue weighted by Gasteiger charge is 2.23. The van der Waals surface area contributed by atoms with Gasteiger partial charge in [-0.15, -0.1) is 0 Å². The summed E-state index contributed by atoms with van der Waals surface area (Å²) in [6.07, 6.45) is 1.38. The summed E-state index contributed by atoms with van der Waals surface area (Å²) in [5.41, 5.74) is 0.758. The van der Waals surface area contributed by atoms with Gasteiger partial charge >= 0.3 is 5.97 Å². The lowest BCUT2D eigenvalue weighted by molar-refractivity contribution is -0.139. The molecular formula is C18H19FN2O5. The molecule has 0 bridgehead atoms. The number of carboxylic acids is 1. The lowest BCUT2D eigenvalue weighted by Crippen LogP contribution is -2.33. The molecule has 1 aromatic carbocycles. The van der Waals surface area contributed by atoms with E-state index in [2.05, 4.69) is 10.3 Å². The SMILES string of the molecule is COCCOc1cc(C(=O)NC(C(=O)O)c2ccc(F)c(C)c2)ccn1. The number of hydrogen-bond acceptors (Lipinski definition) is 5. The number of nitrogens with one attached hydrogen (secondary N) is 1. The second-order valence-corrected chi connectivity index (χ2v) is 5.48. The first kappa shape index (κ1) is 19.3. The van der Waals surface area contributed by atoms with E-state index in [0.29, 0.717) is 12.2 Å². The van der Waals surface area contributed by atoms with E-state index in [1.54, 1.807) is 0 Å². The van der Waals surface area contributed by atoms with Gasteiger partial charge in [0.25, 0.3) is 5.91 Å². The van der Waals surface area contributed by atoms with Crippen molar-refractivity contribution in [3.8, 4) is 5.88 Å². The van der Waals surface area contributed by atoms with Crippen LogP contribution in [-0.2, 0) is 9.53 Å². The molecule has 8 heteroatoms. The molecule has 0 fully saturated rings. The number of halogens is 1. The second-order valence-electron chi connectivity index (χ2n) is 5.48. The van der Waals surface area contributed by atoms with Gasteiger partial charge in [-0.1, -0.05) is 12.1 Å². The van der Waals surface area contributed by atoms with Crippen LogP contribution in [0.4, 0.5) is 4.39 Å². The number of rotatable bonds is 8. The third-order valence-electron chi connectivity index (χ3n) is 3.57. The lowest BCUT2D eigenvalue weighted by Gasteiger charge is -2.16. The number of methoxy groups -OCH3 is 1. The molecule has 2 aromatic rings. The molecule has 0 radical (unpaired) electrons. The molecule has 0 aliphatic rings. The first-order valence-corrected chi connectivity index (χ1v) is 7.80. The van der Waals surface area contributed by atoms with E-state index in [1.165, 1.54) is 50.6 Å². The van der Waals surface area contributed by atoms with Crippen LogP contribution < -0.4 is 10.1 Å². The van der Waals surface area contributed by atoms with E-state index in [9.17, 15) is 19.1 Å². The molecule has 0 aliphatic heterocycles. The van der Waals surface area contributed by atoms with Gasteiger partial charge in [0, 0.05) is 24.9 Å². The summed E-state index contributed by atoms with van der Waals surface area (Å²) in [5.74, 6) is -2.09. The number of carbonyl (C=O) groups is 2. The van der Waals surface area contributed by atoms with Crippen molar-refractivity contribution in [1.29, 1.82) is 0 Å². The normalized spacial score (nSPS) is 11.7. The van der Waals surface area contributed by atoms with Crippen molar-refractivity contribution in [3.05, 3.63) is 59.0 Å². The summed E-state index contributed by atoms with van der Waals surface area (Å²) in [4.78, 5) is 27.9. The second kappa shape index (κ2) is 8.91. The number of aliphatic carboxylic acids is 1. The number of carboxylic acid groups (broad SMARTS) is 1.